The van der Waals surface area contributed by atoms with Crippen LogP contribution in [0.3, 0.4) is 0 Å². The van der Waals surface area contributed by atoms with Crippen molar-refractivity contribution in [1.29, 1.82) is 0 Å². The van der Waals surface area contributed by atoms with Crippen LogP contribution in [0, 0.1) is 6.92 Å². The van der Waals surface area contributed by atoms with Crippen LogP contribution in [-0.2, 0) is 11.8 Å². The predicted molar refractivity (Wildman–Crippen MR) is 99.0 cm³/mol. The highest BCUT2D eigenvalue weighted by atomic mass is 32.1. The second-order valence-corrected chi connectivity index (χ2v) is 7.21. The predicted octanol–water partition coefficient (Wildman–Crippen LogP) is 2.22. The number of aryl methyl sites for hydroxylation is 2. The van der Waals surface area contributed by atoms with Crippen molar-refractivity contribution in [2.45, 2.75) is 13.0 Å². The Hall–Kier alpha value is -2.03. The largest absolute Gasteiger partial charge is 0.379 e. The number of aromatic nitrogens is 4. The smallest absolute Gasteiger partial charge is 0.185 e. The van der Waals surface area contributed by atoms with Gasteiger partial charge in [0.05, 0.1) is 29.6 Å². The van der Waals surface area contributed by atoms with Crippen LogP contribution < -0.4 is 5.32 Å². The SMILES string of the molecule is Cc1nn(C)c2nc(NCC(c3ccncc3)N3CCOCC3)sc12. The maximum atomic E-state index is 5.51. The van der Waals surface area contributed by atoms with Crippen LogP contribution in [0.15, 0.2) is 24.5 Å². The molecule has 25 heavy (non-hydrogen) atoms. The molecule has 1 atom stereocenters. The summed E-state index contributed by atoms with van der Waals surface area (Å²) in [6, 6.07) is 4.46. The number of rotatable bonds is 5. The molecule has 1 N–H and O–H groups in total. The van der Waals surface area contributed by atoms with Gasteiger partial charge in [-0.05, 0) is 24.6 Å². The summed E-state index contributed by atoms with van der Waals surface area (Å²) in [4.78, 5) is 11.3. The molecule has 1 fully saturated rings. The quantitative estimate of drug-likeness (QED) is 0.754. The van der Waals surface area contributed by atoms with E-state index in [9.17, 15) is 0 Å². The second kappa shape index (κ2) is 7.07. The molecule has 0 saturated carbocycles. The highest BCUT2D eigenvalue weighted by Gasteiger charge is 2.23. The Morgan fingerprint density at radius 1 is 1.28 bits per heavy atom. The topological polar surface area (TPSA) is 68.1 Å². The van der Waals surface area contributed by atoms with Crippen molar-refractivity contribution >= 4 is 26.8 Å². The first-order chi connectivity index (χ1) is 12.2. The molecular weight excluding hydrogens is 336 g/mol. The molecule has 4 rings (SSSR count). The lowest BCUT2D eigenvalue weighted by atomic mass is 10.1. The number of ether oxygens (including phenoxy) is 1. The van der Waals surface area contributed by atoms with E-state index in [1.165, 1.54) is 5.56 Å². The maximum absolute atomic E-state index is 5.51. The summed E-state index contributed by atoms with van der Waals surface area (Å²) in [5, 5.41) is 8.89. The summed E-state index contributed by atoms with van der Waals surface area (Å²) in [7, 11) is 1.94. The normalized spacial score (nSPS) is 17.0. The Kier molecular flexibility index (Phi) is 4.65. The molecule has 0 aliphatic carbocycles. The Balaban J connectivity index is 1.54. The van der Waals surface area contributed by atoms with Crippen molar-refractivity contribution in [3.8, 4) is 0 Å². The van der Waals surface area contributed by atoms with E-state index in [1.807, 2.05) is 31.0 Å². The zero-order valence-corrected chi connectivity index (χ0v) is 15.3. The highest BCUT2D eigenvalue weighted by molar-refractivity contribution is 7.22. The lowest BCUT2D eigenvalue weighted by Crippen LogP contribution is -2.41. The fourth-order valence-electron chi connectivity index (χ4n) is 3.28. The minimum Gasteiger partial charge on any atom is -0.379 e. The monoisotopic (exact) mass is 358 g/mol. The van der Waals surface area contributed by atoms with Gasteiger partial charge in [-0.3, -0.25) is 9.88 Å². The van der Waals surface area contributed by atoms with Crippen LogP contribution in [-0.4, -0.2) is 57.5 Å². The van der Waals surface area contributed by atoms with E-state index in [-0.39, 0.29) is 6.04 Å². The number of hydrogen-bond donors (Lipinski definition) is 1. The van der Waals surface area contributed by atoms with E-state index < -0.39 is 0 Å². The summed E-state index contributed by atoms with van der Waals surface area (Å²) < 4.78 is 8.50. The van der Waals surface area contributed by atoms with Crippen molar-refractivity contribution in [3.63, 3.8) is 0 Å². The third kappa shape index (κ3) is 3.37. The van der Waals surface area contributed by atoms with Crippen molar-refractivity contribution in [1.82, 2.24) is 24.6 Å². The number of pyridine rings is 1. The minimum absolute atomic E-state index is 0.276. The van der Waals surface area contributed by atoms with Gasteiger partial charge in [0.15, 0.2) is 10.8 Å². The number of nitrogens with one attached hydrogen (secondary N) is 1. The van der Waals surface area contributed by atoms with Crippen molar-refractivity contribution in [3.05, 3.63) is 35.8 Å². The molecule has 132 valence electrons. The van der Waals surface area contributed by atoms with Crippen LogP contribution in [0.4, 0.5) is 5.13 Å². The zero-order chi connectivity index (χ0) is 17.2. The number of thiazole rings is 1. The fraction of sp³-hybridized carbons (Fsp3) is 0.471. The number of morpholine rings is 1. The molecule has 0 bridgehead atoms. The van der Waals surface area contributed by atoms with Gasteiger partial charge in [-0.1, -0.05) is 11.3 Å². The molecule has 3 aromatic rings. The molecule has 4 heterocycles. The van der Waals surface area contributed by atoms with Gasteiger partial charge in [-0.25, -0.2) is 9.67 Å². The fourth-order valence-corrected chi connectivity index (χ4v) is 4.22. The molecule has 1 saturated heterocycles. The van der Waals surface area contributed by atoms with Crippen LogP contribution in [0.1, 0.15) is 17.3 Å². The molecule has 0 radical (unpaired) electrons. The molecule has 3 aromatic heterocycles. The van der Waals surface area contributed by atoms with Gasteiger partial charge in [0.2, 0.25) is 0 Å². The lowest BCUT2D eigenvalue weighted by Gasteiger charge is -2.34. The molecule has 7 nitrogen and oxygen atoms in total. The summed E-state index contributed by atoms with van der Waals surface area (Å²) >= 11 is 1.67. The van der Waals surface area contributed by atoms with E-state index in [0.717, 1.165) is 54.0 Å². The van der Waals surface area contributed by atoms with Gasteiger partial charge in [-0.15, -0.1) is 0 Å². The van der Waals surface area contributed by atoms with Crippen molar-refractivity contribution in [2.24, 2.45) is 7.05 Å². The van der Waals surface area contributed by atoms with Gasteiger partial charge in [-0.2, -0.15) is 5.10 Å². The van der Waals surface area contributed by atoms with Gasteiger partial charge < -0.3 is 10.1 Å². The molecule has 1 aliphatic heterocycles. The van der Waals surface area contributed by atoms with Crippen LogP contribution in [0.2, 0.25) is 0 Å². The van der Waals surface area contributed by atoms with Crippen LogP contribution >= 0.6 is 11.3 Å². The molecule has 1 aliphatic rings. The zero-order valence-electron chi connectivity index (χ0n) is 14.5. The van der Waals surface area contributed by atoms with Gasteiger partial charge in [0.1, 0.15) is 0 Å². The first kappa shape index (κ1) is 16.4. The van der Waals surface area contributed by atoms with E-state index in [2.05, 4.69) is 32.4 Å². The maximum Gasteiger partial charge on any atom is 0.185 e. The van der Waals surface area contributed by atoms with Crippen molar-refractivity contribution < 1.29 is 4.74 Å². The third-order valence-electron chi connectivity index (χ3n) is 4.57. The Labute approximate surface area is 150 Å². The first-order valence-corrected chi connectivity index (χ1v) is 9.30. The standard InChI is InChI=1S/C17H22N6OS/c1-12-15-16(22(2)21-12)20-17(25-15)19-11-14(13-3-5-18-6-4-13)23-7-9-24-10-8-23/h3-6,14H,7-11H2,1-2H3,(H,19,20). The molecule has 0 spiro atoms. The summed E-state index contributed by atoms with van der Waals surface area (Å²) in [6.07, 6.45) is 3.71. The number of anilines is 1. The average Bonchev–Trinajstić information content (AvgIpc) is 3.18. The second-order valence-electron chi connectivity index (χ2n) is 6.21. The van der Waals surface area contributed by atoms with Gasteiger partial charge >= 0.3 is 0 Å². The lowest BCUT2D eigenvalue weighted by molar-refractivity contribution is 0.0187. The summed E-state index contributed by atoms with van der Waals surface area (Å²) in [5.74, 6) is 0. The third-order valence-corrected chi connectivity index (χ3v) is 5.68. The molecule has 1 unspecified atom stereocenters. The van der Waals surface area contributed by atoms with Crippen LogP contribution in [0.5, 0.6) is 0 Å². The average molecular weight is 358 g/mol. The van der Waals surface area contributed by atoms with Gasteiger partial charge in [0, 0.05) is 39.1 Å². The summed E-state index contributed by atoms with van der Waals surface area (Å²) in [6.45, 7) is 6.28. The molecule has 0 amide bonds. The first-order valence-electron chi connectivity index (χ1n) is 8.48. The molecule has 0 aromatic carbocycles. The van der Waals surface area contributed by atoms with E-state index >= 15 is 0 Å². The van der Waals surface area contributed by atoms with E-state index in [1.54, 1.807) is 11.3 Å². The number of nitrogens with zero attached hydrogens (tertiary/aromatic N) is 5. The highest BCUT2D eigenvalue weighted by Crippen LogP contribution is 2.29. The van der Waals surface area contributed by atoms with E-state index in [0.29, 0.717) is 0 Å². The Bertz CT molecular complexity index is 805. The molecule has 8 heteroatoms. The van der Waals surface area contributed by atoms with Crippen molar-refractivity contribution in [2.75, 3.05) is 38.2 Å². The minimum atomic E-state index is 0.276. The Morgan fingerprint density at radius 2 is 2.04 bits per heavy atom. The Morgan fingerprint density at radius 3 is 2.76 bits per heavy atom. The van der Waals surface area contributed by atoms with Crippen LogP contribution in [0.25, 0.3) is 10.3 Å². The summed E-state index contributed by atoms with van der Waals surface area (Å²) in [5.41, 5.74) is 3.24. The van der Waals surface area contributed by atoms with Gasteiger partial charge in [0.25, 0.3) is 0 Å². The number of fused-ring (bicyclic) bond motifs is 1. The number of hydrogen-bond acceptors (Lipinski definition) is 7. The molecular formula is C17H22N6OS. The van der Waals surface area contributed by atoms with E-state index in [4.69, 9.17) is 9.72 Å².